The quantitative estimate of drug-likeness (QED) is 0.648. The van der Waals surface area contributed by atoms with Crippen molar-refractivity contribution < 1.29 is 5.11 Å². The van der Waals surface area contributed by atoms with Crippen LogP contribution in [0.4, 0.5) is 5.69 Å². The van der Waals surface area contributed by atoms with Crippen LogP contribution in [0.5, 0.6) is 5.75 Å². The zero-order chi connectivity index (χ0) is 16.9. The van der Waals surface area contributed by atoms with Crippen LogP contribution < -0.4 is 5.32 Å². The summed E-state index contributed by atoms with van der Waals surface area (Å²) in [5.41, 5.74) is 5.84. The van der Waals surface area contributed by atoms with Crippen molar-refractivity contribution in [1.82, 2.24) is 0 Å². The summed E-state index contributed by atoms with van der Waals surface area (Å²) >= 11 is 0. The molecule has 0 fully saturated rings. The van der Waals surface area contributed by atoms with Gasteiger partial charge < -0.3 is 10.4 Å². The summed E-state index contributed by atoms with van der Waals surface area (Å²) in [6.07, 6.45) is 0. The number of hydrogen-bond donors (Lipinski definition) is 2. The summed E-state index contributed by atoms with van der Waals surface area (Å²) in [5, 5.41) is 15.8. The molecule has 0 heterocycles. The highest BCUT2D eigenvalue weighted by Gasteiger charge is 2.15. The van der Waals surface area contributed by atoms with E-state index in [0.29, 0.717) is 0 Å². The van der Waals surface area contributed by atoms with Crippen LogP contribution in [0.1, 0.15) is 5.56 Å². The molecular formula is C20H18N2O2. The molecule has 0 amide bonds. The molecule has 0 aromatic heterocycles. The maximum atomic E-state index is 10.8. The van der Waals surface area contributed by atoms with E-state index < -0.39 is 0 Å². The Labute approximate surface area is 140 Å². The van der Waals surface area contributed by atoms with E-state index in [9.17, 15) is 10.0 Å². The van der Waals surface area contributed by atoms with Crippen molar-refractivity contribution in [2.45, 2.75) is 6.54 Å². The van der Waals surface area contributed by atoms with Crippen molar-refractivity contribution in [2.24, 2.45) is 5.18 Å². The Kier molecular flexibility index (Phi) is 4.57. The van der Waals surface area contributed by atoms with E-state index in [-0.39, 0.29) is 12.3 Å². The molecule has 3 aromatic rings. The minimum Gasteiger partial charge on any atom is -0.508 e. The molecule has 0 unspecified atom stereocenters. The Hall–Kier alpha value is -3.14. The fourth-order valence-corrected chi connectivity index (χ4v) is 2.92. The molecule has 4 heteroatoms. The molecule has 24 heavy (non-hydrogen) atoms. The zero-order valence-electron chi connectivity index (χ0n) is 13.4. The second kappa shape index (κ2) is 6.96. The fraction of sp³-hybridized carbons (Fsp3) is 0.100. The number of aromatic hydroxyl groups is 1. The summed E-state index contributed by atoms with van der Waals surface area (Å²) in [6.45, 7) is 0.117. The Morgan fingerprint density at radius 2 is 1.62 bits per heavy atom. The van der Waals surface area contributed by atoms with Crippen molar-refractivity contribution in [2.75, 3.05) is 12.4 Å². The molecule has 0 aliphatic heterocycles. The highest BCUT2D eigenvalue weighted by atomic mass is 16.3. The van der Waals surface area contributed by atoms with Gasteiger partial charge in [0.15, 0.2) is 0 Å². The largest absolute Gasteiger partial charge is 0.508 e. The van der Waals surface area contributed by atoms with Crippen LogP contribution in [0.15, 0.2) is 71.9 Å². The van der Waals surface area contributed by atoms with E-state index in [0.717, 1.165) is 33.5 Å². The SMILES string of the molecule is CNc1c(CN=O)ccc(-c2ccc(O)cc2)c1-c1ccccc1. The minimum absolute atomic E-state index is 0.117. The van der Waals surface area contributed by atoms with Crippen LogP contribution in [0.3, 0.4) is 0 Å². The van der Waals surface area contributed by atoms with Gasteiger partial charge in [0.25, 0.3) is 0 Å². The van der Waals surface area contributed by atoms with Crippen LogP contribution in [-0.4, -0.2) is 12.2 Å². The van der Waals surface area contributed by atoms with Crippen molar-refractivity contribution in [1.29, 1.82) is 0 Å². The molecule has 0 aliphatic carbocycles. The van der Waals surface area contributed by atoms with Gasteiger partial charge >= 0.3 is 0 Å². The third-order valence-corrected chi connectivity index (χ3v) is 4.02. The van der Waals surface area contributed by atoms with Crippen LogP contribution in [0.2, 0.25) is 0 Å². The van der Waals surface area contributed by atoms with Gasteiger partial charge in [0.05, 0.1) is 0 Å². The third-order valence-electron chi connectivity index (χ3n) is 4.02. The lowest BCUT2D eigenvalue weighted by Gasteiger charge is -2.18. The van der Waals surface area contributed by atoms with Gasteiger partial charge in [0.1, 0.15) is 12.3 Å². The van der Waals surface area contributed by atoms with Crippen molar-refractivity contribution >= 4 is 5.69 Å². The molecule has 120 valence electrons. The maximum absolute atomic E-state index is 10.8. The molecular weight excluding hydrogens is 300 g/mol. The average molecular weight is 318 g/mol. The first-order valence-corrected chi connectivity index (χ1v) is 7.72. The molecule has 2 N–H and O–H groups in total. The second-order valence-electron chi connectivity index (χ2n) is 5.47. The molecule has 3 aromatic carbocycles. The first-order valence-electron chi connectivity index (χ1n) is 7.72. The molecule has 0 atom stereocenters. The summed E-state index contributed by atoms with van der Waals surface area (Å²) in [5.74, 6) is 0.232. The van der Waals surface area contributed by atoms with Gasteiger partial charge in [-0.1, -0.05) is 59.8 Å². The lowest BCUT2D eigenvalue weighted by atomic mass is 9.90. The molecule has 4 nitrogen and oxygen atoms in total. The first-order chi connectivity index (χ1) is 11.7. The van der Waals surface area contributed by atoms with E-state index in [1.165, 1.54) is 0 Å². The number of nitrogens with one attached hydrogen (secondary N) is 1. The molecule has 0 saturated carbocycles. The van der Waals surface area contributed by atoms with E-state index in [1.807, 2.05) is 61.6 Å². The van der Waals surface area contributed by atoms with Crippen LogP contribution in [0, 0.1) is 4.91 Å². The standard InChI is InChI=1S/C20H18N2O2/c1-21-20-16(13-22-24)9-12-18(14-7-10-17(23)11-8-14)19(20)15-5-3-2-4-6-15/h2-12,21,23H,13H2,1H3. The lowest BCUT2D eigenvalue weighted by Crippen LogP contribution is -2.00. The highest BCUT2D eigenvalue weighted by Crippen LogP contribution is 2.40. The smallest absolute Gasteiger partial charge is 0.115 e. The molecule has 0 saturated heterocycles. The summed E-state index contributed by atoms with van der Waals surface area (Å²) in [6, 6.07) is 21.0. The van der Waals surface area contributed by atoms with Crippen molar-refractivity contribution in [3.8, 4) is 28.0 Å². The van der Waals surface area contributed by atoms with E-state index >= 15 is 0 Å². The van der Waals surface area contributed by atoms with E-state index in [1.54, 1.807) is 12.1 Å². The van der Waals surface area contributed by atoms with Gasteiger partial charge in [-0.3, -0.25) is 0 Å². The maximum Gasteiger partial charge on any atom is 0.115 e. The average Bonchev–Trinajstić information content (AvgIpc) is 2.63. The Bertz CT molecular complexity index is 844. The van der Waals surface area contributed by atoms with Crippen LogP contribution >= 0.6 is 0 Å². The predicted octanol–water partition coefficient (Wildman–Crippen LogP) is 5.03. The Balaban J connectivity index is 2.29. The molecule has 0 aliphatic rings. The lowest BCUT2D eigenvalue weighted by molar-refractivity contribution is 0.475. The van der Waals surface area contributed by atoms with Crippen LogP contribution in [-0.2, 0) is 6.54 Å². The molecule has 0 bridgehead atoms. The topological polar surface area (TPSA) is 61.7 Å². The van der Waals surface area contributed by atoms with Gasteiger partial charge in [-0.05, 0) is 28.8 Å². The van der Waals surface area contributed by atoms with Gasteiger partial charge in [-0.25, -0.2) is 0 Å². The number of phenols is 1. The number of anilines is 1. The van der Waals surface area contributed by atoms with Crippen molar-refractivity contribution in [3.63, 3.8) is 0 Å². The van der Waals surface area contributed by atoms with E-state index in [2.05, 4.69) is 10.5 Å². The predicted molar refractivity (Wildman–Crippen MR) is 98.0 cm³/mol. The third kappa shape index (κ3) is 2.99. The number of benzene rings is 3. The summed E-state index contributed by atoms with van der Waals surface area (Å²) in [7, 11) is 1.84. The zero-order valence-corrected chi connectivity index (χ0v) is 13.4. The number of nitroso groups, excluding NO2 is 1. The molecule has 3 rings (SSSR count). The van der Waals surface area contributed by atoms with Gasteiger partial charge in [-0.15, -0.1) is 0 Å². The van der Waals surface area contributed by atoms with Gasteiger partial charge in [0, 0.05) is 23.9 Å². The molecule has 0 radical (unpaired) electrons. The normalized spacial score (nSPS) is 10.4. The summed E-state index contributed by atoms with van der Waals surface area (Å²) in [4.78, 5) is 10.8. The first kappa shape index (κ1) is 15.7. The van der Waals surface area contributed by atoms with Crippen molar-refractivity contribution in [3.05, 3.63) is 77.2 Å². The fourth-order valence-electron chi connectivity index (χ4n) is 2.92. The van der Waals surface area contributed by atoms with Crippen LogP contribution in [0.25, 0.3) is 22.3 Å². The Morgan fingerprint density at radius 1 is 0.917 bits per heavy atom. The number of phenolic OH excluding ortho intramolecular Hbond substituents is 1. The molecule has 0 spiro atoms. The minimum atomic E-state index is 0.117. The number of rotatable bonds is 5. The second-order valence-corrected chi connectivity index (χ2v) is 5.47. The summed E-state index contributed by atoms with van der Waals surface area (Å²) < 4.78 is 0. The highest BCUT2D eigenvalue weighted by molar-refractivity contribution is 5.93. The Morgan fingerprint density at radius 3 is 2.25 bits per heavy atom. The van der Waals surface area contributed by atoms with E-state index in [4.69, 9.17) is 0 Å². The number of nitrogens with zero attached hydrogens (tertiary/aromatic N) is 1. The monoisotopic (exact) mass is 318 g/mol. The number of hydrogen-bond acceptors (Lipinski definition) is 4. The van der Waals surface area contributed by atoms with Gasteiger partial charge in [-0.2, -0.15) is 4.91 Å². The van der Waals surface area contributed by atoms with Gasteiger partial charge in [0.2, 0.25) is 0 Å².